The van der Waals surface area contributed by atoms with E-state index in [0.29, 0.717) is 11.6 Å². The molecule has 0 saturated heterocycles. The van der Waals surface area contributed by atoms with Gasteiger partial charge in [-0.1, -0.05) is 120 Å². The molecule has 1 heteroatoms. The van der Waals surface area contributed by atoms with Crippen LogP contribution in [0, 0.1) is 5.41 Å². The van der Waals surface area contributed by atoms with E-state index < -0.39 is 0 Å². The van der Waals surface area contributed by atoms with Crippen molar-refractivity contribution in [2.24, 2.45) is 5.41 Å². The smallest absolute Gasteiger partial charge is 0.0632 e. The topological polar surface area (TPSA) is 3.24 Å². The molecule has 6 rings (SSSR count). The first-order valence-corrected chi connectivity index (χ1v) is 13.5. The van der Waals surface area contributed by atoms with Crippen molar-refractivity contribution in [1.82, 2.24) is 0 Å². The third-order valence-corrected chi connectivity index (χ3v) is 9.59. The molecule has 0 aromatic heterocycles. The van der Waals surface area contributed by atoms with Crippen molar-refractivity contribution >= 4 is 27.8 Å². The predicted octanol–water partition coefficient (Wildman–Crippen LogP) is 10.6. The highest BCUT2D eigenvalue weighted by atomic mass is 15.1. The summed E-state index contributed by atoms with van der Waals surface area (Å²) in [6.45, 7) is 13.2. The zero-order valence-corrected chi connectivity index (χ0v) is 23.2. The van der Waals surface area contributed by atoms with Crippen LogP contribution in [0.5, 0.6) is 0 Å². The van der Waals surface area contributed by atoms with E-state index in [1.807, 2.05) is 48.5 Å². The maximum absolute atomic E-state index is 9.68. The zero-order chi connectivity index (χ0) is 29.3. The fourth-order valence-corrected chi connectivity index (χ4v) is 6.12. The minimum Gasteiger partial charge on any atom is -0.310 e. The van der Waals surface area contributed by atoms with Crippen molar-refractivity contribution in [2.45, 2.75) is 52.4 Å². The van der Waals surface area contributed by atoms with E-state index in [2.05, 4.69) is 95.0 Å². The Hall–Kier alpha value is -3.84. The van der Waals surface area contributed by atoms with Gasteiger partial charge in [-0.2, -0.15) is 0 Å². The van der Waals surface area contributed by atoms with Crippen LogP contribution in [-0.2, 0) is 10.8 Å². The fraction of sp³-hybridized carbons (Fsp3) is 0.243. The molecule has 5 aromatic carbocycles. The molecule has 38 heavy (non-hydrogen) atoms. The van der Waals surface area contributed by atoms with Crippen LogP contribution in [0.2, 0.25) is 0 Å². The van der Waals surface area contributed by atoms with Gasteiger partial charge in [-0.05, 0) is 85.7 Å². The second-order valence-corrected chi connectivity index (χ2v) is 12.1. The summed E-state index contributed by atoms with van der Waals surface area (Å²) in [6, 6.07) is 33.8. The molecule has 0 amide bonds. The molecule has 0 bridgehead atoms. The van der Waals surface area contributed by atoms with E-state index in [1.165, 1.54) is 0 Å². The largest absolute Gasteiger partial charge is 0.310 e. The Kier molecular flexibility index (Phi) is 4.78. The molecular formula is C37H37N. The highest BCUT2D eigenvalue weighted by molar-refractivity contribution is 6.01. The van der Waals surface area contributed by atoms with Gasteiger partial charge >= 0.3 is 0 Å². The SMILES string of the molecule is [2H]c1c([2H])c2c(c([2H])c1-c1cc(N(c3ccccc3)c3ccccc3)cc3ccccc13)C(C)(C)C(C)(C)C2(C)C. The quantitative estimate of drug-likeness (QED) is 0.238. The molecule has 0 saturated carbocycles. The number of rotatable bonds is 4. The number of nitrogens with zero attached hydrogens (tertiary/aromatic N) is 1. The van der Waals surface area contributed by atoms with E-state index in [1.54, 1.807) is 0 Å². The number of hydrogen-bond donors (Lipinski definition) is 0. The highest BCUT2D eigenvalue weighted by Crippen LogP contribution is 2.62. The van der Waals surface area contributed by atoms with Gasteiger partial charge in [0, 0.05) is 17.1 Å². The van der Waals surface area contributed by atoms with Crippen LogP contribution in [0.1, 0.15) is 56.8 Å². The lowest BCUT2D eigenvalue weighted by molar-refractivity contribution is 0.125. The van der Waals surface area contributed by atoms with Crippen molar-refractivity contribution in [2.75, 3.05) is 4.90 Å². The molecular weight excluding hydrogens is 458 g/mol. The lowest BCUT2D eigenvalue weighted by atomic mass is 9.59. The number of benzene rings is 5. The molecule has 0 atom stereocenters. The Bertz CT molecular complexity index is 1750. The Morgan fingerprint density at radius 3 is 1.76 bits per heavy atom. The summed E-state index contributed by atoms with van der Waals surface area (Å²) >= 11 is 0. The molecule has 0 radical (unpaired) electrons. The Labute approximate surface area is 232 Å². The van der Waals surface area contributed by atoms with Gasteiger partial charge in [-0.15, -0.1) is 0 Å². The average Bonchev–Trinajstić information content (AvgIpc) is 3.06. The standard InChI is InChI=1S/C37H37N/c1-35(2)33-22-21-27(24-34(33)36(3,4)37(35,5)6)32-25-30(23-26-15-13-14-20-31(26)32)38(28-16-9-7-10-17-28)29-18-11-8-12-19-29/h7-25H,1-6H3/i21D,22D,24D. The first kappa shape index (κ1) is 21.1. The van der Waals surface area contributed by atoms with Crippen LogP contribution in [0.15, 0.2) is 115 Å². The molecule has 0 heterocycles. The molecule has 5 aromatic rings. The maximum Gasteiger partial charge on any atom is 0.0632 e. The van der Waals surface area contributed by atoms with Gasteiger partial charge in [0.2, 0.25) is 0 Å². The van der Waals surface area contributed by atoms with Crippen LogP contribution in [0.4, 0.5) is 17.1 Å². The molecule has 0 aliphatic heterocycles. The summed E-state index contributed by atoms with van der Waals surface area (Å²) in [6.07, 6.45) is 0. The molecule has 0 N–H and O–H groups in total. The summed E-state index contributed by atoms with van der Waals surface area (Å²) in [7, 11) is 0. The molecule has 1 nitrogen and oxygen atoms in total. The average molecular weight is 499 g/mol. The van der Waals surface area contributed by atoms with Crippen molar-refractivity contribution in [1.29, 1.82) is 0 Å². The summed E-state index contributed by atoms with van der Waals surface area (Å²) in [5.74, 6) is 0. The second-order valence-electron chi connectivity index (χ2n) is 12.1. The Balaban J connectivity index is 1.70. The minimum absolute atomic E-state index is 0.128. The monoisotopic (exact) mass is 498 g/mol. The van der Waals surface area contributed by atoms with Gasteiger partial charge in [0.1, 0.15) is 0 Å². The molecule has 1 aliphatic carbocycles. The second kappa shape index (κ2) is 8.60. The maximum atomic E-state index is 9.68. The van der Waals surface area contributed by atoms with E-state index >= 15 is 0 Å². The summed E-state index contributed by atoms with van der Waals surface area (Å²) in [5, 5.41) is 2.01. The van der Waals surface area contributed by atoms with E-state index in [9.17, 15) is 4.11 Å². The van der Waals surface area contributed by atoms with Crippen LogP contribution in [0.25, 0.3) is 21.9 Å². The first-order valence-electron chi connectivity index (χ1n) is 15.0. The van der Waals surface area contributed by atoms with Crippen molar-refractivity contribution in [3.05, 3.63) is 126 Å². The van der Waals surface area contributed by atoms with E-state index in [0.717, 1.165) is 44.5 Å². The Morgan fingerprint density at radius 2 is 1.13 bits per heavy atom. The number of para-hydroxylation sites is 2. The highest BCUT2D eigenvalue weighted by Gasteiger charge is 2.56. The number of fused-ring (bicyclic) bond motifs is 2. The van der Waals surface area contributed by atoms with Crippen molar-refractivity contribution in [3.63, 3.8) is 0 Å². The molecule has 190 valence electrons. The van der Waals surface area contributed by atoms with Gasteiger partial charge in [0.25, 0.3) is 0 Å². The summed E-state index contributed by atoms with van der Waals surface area (Å²) < 4.78 is 28.3. The van der Waals surface area contributed by atoms with Gasteiger partial charge < -0.3 is 4.90 Å². The third kappa shape index (κ3) is 3.52. The number of hydrogen-bond acceptors (Lipinski definition) is 1. The number of anilines is 3. The lowest BCUT2D eigenvalue weighted by Gasteiger charge is -2.44. The van der Waals surface area contributed by atoms with Crippen LogP contribution < -0.4 is 4.90 Å². The van der Waals surface area contributed by atoms with Crippen LogP contribution >= 0.6 is 0 Å². The van der Waals surface area contributed by atoms with E-state index in [4.69, 9.17) is 0 Å². The predicted molar refractivity (Wildman–Crippen MR) is 164 cm³/mol. The first-order chi connectivity index (χ1) is 19.4. The fourth-order valence-electron chi connectivity index (χ4n) is 6.12. The third-order valence-electron chi connectivity index (χ3n) is 9.59. The normalized spacial score (nSPS) is 17.9. The Morgan fingerprint density at radius 1 is 0.579 bits per heavy atom. The molecule has 0 fully saturated rings. The minimum atomic E-state index is -0.353. The van der Waals surface area contributed by atoms with Gasteiger partial charge in [0.15, 0.2) is 0 Å². The van der Waals surface area contributed by atoms with Gasteiger partial charge in [-0.25, -0.2) is 0 Å². The molecule has 0 spiro atoms. The molecule has 0 unspecified atom stereocenters. The summed E-state index contributed by atoms with van der Waals surface area (Å²) in [4.78, 5) is 2.22. The zero-order valence-electron chi connectivity index (χ0n) is 26.2. The van der Waals surface area contributed by atoms with Crippen molar-refractivity contribution in [3.8, 4) is 11.1 Å². The van der Waals surface area contributed by atoms with E-state index in [-0.39, 0.29) is 28.3 Å². The van der Waals surface area contributed by atoms with Crippen LogP contribution in [0.3, 0.4) is 0 Å². The van der Waals surface area contributed by atoms with Crippen LogP contribution in [-0.4, -0.2) is 0 Å². The lowest BCUT2D eigenvalue weighted by Crippen LogP contribution is -2.42. The molecule has 1 aliphatic rings. The van der Waals surface area contributed by atoms with Crippen molar-refractivity contribution < 1.29 is 4.11 Å². The van der Waals surface area contributed by atoms with Gasteiger partial charge in [0.05, 0.1) is 4.11 Å². The van der Waals surface area contributed by atoms with Gasteiger partial charge in [-0.3, -0.25) is 0 Å². The summed E-state index contributed by atoms with van der Waals surface area (Å²) in [5.41, 5.74) is 5.19.